The van der Waals surface area contributed by atoms with Gasteiger partial charge in [0, 0.05) is 25.7 Å². The van der Waals surface area contributed by atoms with Crippen LogP contribution in [0.15, 0.2) is 33.8 Å². The Kier molecular flexibility index (Phi) is 8.14. The van der Waals surface area contributed by atoms with Crippen LogP contribution in [-0.4, -0.2) is 48.9 Å². The molecule has 0 radical (unpaired) electrons. The molecule has 3 rings (SSSR count). The number of benzene rings is 1. The van der Waals surface area contributed by atoms with Gasteiger partial charge < -0.3 is 24.8 Å². The second kappa shape index (κ2) is 10.3. The van der Waals surface area contributed by atoms with Crippen LogP contribution in [0, 0.1) is 6.92 Å². The Morgan fingerprint density at radius 2 is 2.22 bits per heavy atom. The third kappa shape index (κ3) is 5.72. The summed E-state index contributed by atoms with van der Waals surface area (Å²) in [6, 6.07) is 8.42. The Morgan fingerprint density at radius 1 is 1.41 bits per heavy atom. The van der Waals surface area contributed by atoms with Crippen LogP contribution in [-0.2, 0) is 6.54 Å². The largest absolute Gasteiger partial charge is 0.495 e. The molecule has 1 aliphatic rings. The molecule has 9 heteroatoms. The van der Waals surface area contributed by atoms with Crippen LogP contribution in [0.5, 0.6) is 5.75 Å². The zero-order chi connectivity index (χ0) is 18.4. The van der Waals surface area contributed by atoms with E-state index in [0.717, 1.165) is 43.5 Å². The van der Waals surface area contributed by atoms with Crippen molar-refractivity contribution in [2.75, 3.05) is 31.6 Å². The van der Waals surface area contributed by atoms with Crippen molar-refractivity contribution in [1.82, 2.24) is 20.8 Å². The van der Waals surface area contributed by atoms with E-state index < -0.39 is 0 Å². The van der Waals surface area contributed by atoms with E-state index in [1.165, 1.54) is 0 Å². The number of guanidine groups is 1. The van der Waals surface area contributed by atoms with E-state index in [-0.39, 0.29) is 24.0 Å². The highest BCUT2D eigenvalue weighted by molar-refractivity contribution is 14.0. The zero-order valence-corrected chi connectivity index (χ0v) is 18.3. The Morgan fingerprint density at radius 3 is 2.93 bits per heavy atom. The second-order valence-corrected chi connectivity index (χ2v) is 6.18. The minimum Gasteiger partial charge on any atom is -0.495 e. The Labute approximate surface area is 176 Å². The van der Waals surface area contributed by atoms with Crippen LogP contribution in [0.2, 0.25) is 0 Å². The maximum absolute atomic E-state index is 5.48. The minimum absolute atomic E-state index is 0. The molecule has 0 aliphatic carbocycles. The van der Waals surface area contributed by atoms with Crippen LogP contribution >= 0.6 is 24.0 Å². The number of aliphatic imine (C=N–C) groups is 1. The number of nitrogens with one attached hydrogen (secondary N) is 2. The van der Waals surface area contributed by atoms with E-state index in [1.54, 1.807) is 14.0 Å². The Hall–Kier alpha value is -2.04. The summed E-state index contributed by atoms with van der Waals surface area (Å²) in [6.45, 7) is 6.86. The van der Waals surface area contributed by atoms with Crippen molar-refractivity contribution in [1.29, 1.82) is 0 Å². The van der Waals surface area contributed by atoms with Crippen molar-refractivity contribution in [3.05, 3.63) is 36.0 Å². The maximum Gasteiger partial charge on any atom is 0.248 e. The Bertz CT molecular complexity index is 751. The van der Waals surface area contributed by atoms with E-state index in [9.17, 15) is 0 Å². The quantitative estimate of drug-likeness (QED) is 0.368. The second-order valence-electron chi connectivity index (χ2n) is 6.18. The smallest absolute Gasteiger partial charge is 0.248 e. The number of para-hydroxylation sites is 2. The number of methoxy groups -OCH3 is 1. The fraction of sp³-hybridized carbons (Fsp3) is 0.500. The average molecular weight is 486 g/mol. The van der Waals surface area contributed by atoms with Crippen molar-refractivity contribution in [3.8, 4) is 5.75 Å². The topological polar surface area (TPSA) is 87.8 Å². The summed E-state index contributed by atoms with van der Waals surface area (Å²) >= 11 is 0. The fourth-order valence-corrected chi connectivity index (χ4v) is 3.05. The van der Waals surface area contributed by atoms with E-state index in [0.29, 0.717) is 24.3 Å². The summed E-state index contributed by atoms with van der Waals surface area (Å²) < 4.78 is 10.6. The van der Waals surface area contributed by atoms with Crippen molar-refractivity contribution in [3.63, 3.8) is 0 Å². The van der Waals surface area contributed by atoms with Gasteiger partial charge in [-0.3, -0.25) is 0 Å². The van der Waals surface area contributed by atoms with Gasteiger partial charge in [-0.25, -0.2) is 4.99 Å². The summed E-state index contributed by atoms with van der Waals surface area (Å²) in [4.78, 5) is 11.1. The lowest BCUT2D eigenvalue weighted by Gasteiger charge is -2.22. The van der Waals surface area contributed by atoms with E-state index >= 15 is 0 Å². The van der Waals surface area contributed by atoms with Crippen LogP contribution in [0.1, 0.15) is 25.1 Å². The number of rotatable bonds is 6. The minimum atomic E-state index is 0. The molecule has 27 heavy (non-hydrogen) atoms. The van der Waals surface area contributed by atoms with Gasteiger partial charge in [-0.05, 0) is 32.4 Å². The van der Waals surface area contributed by atoms with Gasteiger partial charge in [0.25, 0.3) is 0 Å². The normalized spacial score (nSPS) is 16.8. The van der Waals surface area contributed by atoms with Gasteiger partial charge >= 0.3 is 0 Å². The molecule has 0 bridgehead atoms. The van der Waals surface area contributed by atoms with Gasteiger partial charge in [-0.15, -0.1) is 24.0 Å². The molecule has 0 spiro atoms. The fourth-order valence-electron chi connectivity index (χ4n) is 3.05. The summed E-state index contributed by atoms with van der Waals surface area (Å²) in [5.41, 5.74) is 1.13. The molecule has 2 heterocycles. The van der Waals surface area contributed by atoms with Gasteiger partial charge in [0.1, 0.15) is 12.3 Å². The number of nitrogens with zero attached hydrogens (tertiary/aromatic N) is 4. The van der Waals surface area contributed by atoms with Crippen molar-refractivity contribution in [2.45, 2.75) is 32.9 Å². The lowest BCUT2D eigenvalue weighted by Crippen LogP contribution is -2.44. The van der Waals surface area contributed by atoms with Gasteiger partial charge in [-0.1, -0.05) is 17.3 Å². The lowest BCUT2D eigenvalue weighted by molar-refractivity contribution is 0.376. The van der Waals surface area contributed by atoms with Crippen LogP contribution < -0.4 is 20.3 Å². The van der Waals surface area contributed by atoms with Gasteiger partial charge in [0.2, 0.25) is 5.89 Å². The molecule has 1 saturated heterocycles. The van der Waals surface area contributed by atoms with Gasteiger partial charge in [0.05, 0.1) is 12.8 Å². The Balaban J connectivity index is 0.00000261. The van der Waals surface area contributed by atoms with E-state index in [1.807, 2.05) is 25.1 Å². The molecule has 148 valence electrons. The molecule has 2 N–H and O–H groups in total. The number of aryl methyl sites for hydroxylation is 1. The number of halogens is 1. The molecule has 8 nitrogen and oxygen atoms in total. The predicted octanol–water partition coefficient (Wildman–Crippen LogP) is 2.34. The maximum atomic E-state index is 5.48. The zero-order valence-electron chi connectivity index (χ0n) is 15.9. The molecule has 1 aromatic heterocycles. The molecule has 1 fully saturated rings. The lowest BCUT2D eigenvalue weighted by atomic mass is 10.2. The molecule has 2 aromatic rings. The first kappa shape index (κ1) is 21.3. The van der Waals surface area contributed by atoms with Crippen LogP contribution in [0.25, 0.3) is 0 Å². The monoisotopic (exact) mass is 486 g/mol. The standard InChI is InChI=1S/C18H26N6O2.HI/c1-4-19-18(20-11-17-21-13(2)23-26-17)22-14-9-10-24(12-14)15-7-5-6-8-16(15)25-3;/h5-8,14H,4,9-12H2,1-3H3,(H2,19,20,22);1H. The molecule has 1 unspecified atom stereocenters. The highest BCUT2D eigenvalue weighted by Gasteiger charge is 2.25. The first-order valence-electron chi connectivity index (χ1n) is 8.91. The molecule has 0 amide bonds. The van der Waals surface area contributed by atoms with Crippen molar-refractivity contribution in [2.24, 2.45) is 4.99 Å². The number of ether oxygens (including phenoxy) is 1. The van der Waals surface area contributed by atoms with Crippen LogP contribution in [0.3, 0.4) is 0 Å². The molecular weight excluding hydrogens is 459 g/mol. The third-order valence-corrected chi connectivity index (χ3v) is 4.24. The molecule has 1 aromatic carbocycles. The average Bonchev–Trinajstić information content (AvgIpc) is 3.29. The highest BCUT2D eigenvalue weighted by Crippen LogP contribution is 2.30. The number of hydrogen-bond acceptors (Lipinski definition) is 6. The van der Waals surface area contributed by atoms with Gasteiger partial charge in [-0.2, -0.15) is 4.98 Å². The molecular formula is C18H27IN6O2. The molecule has 0 saturated carbocycles. The predicted molar refractivity (Wildman–Crippen MR) is 116 cm³/mol. The summed E-state index contributed by atoms with van der Waals surface area (Å²) in [5, 5.41) is 10.6. The first-order chi connectivity index (χ1) is 12.7. The molecule has 1 aliphatic heterocycles. The first-order valence-corrected chi connectivity index (χ1v) is 8.91. The summed E-state index contributed by atoms with van der Waals surface area (Å²) in [6.07, 6.45) is 1.03. The van der Waals surface area contributed by atoms with Crippen molar-refractivity contribution < 1.29 is 9.26 Å². The van der Waals surface area contributed by atoms with Crippen LogP contribution in [0.4, 0.5) is 5.69 Å². The van der Waals surface area contributed by atoms with Gasteiger partial charge in [0.15, 0.2) is 11.8 Å². The number of hydrogen-bond donors (Lipinski definition) is 2. The summed E-state index contributed by atoms with van der Waals surface area (Å²) in [5.74, 6) is 2.80. The number of aromatic nitrogens is 2. The SMILES string of the molecule is CCNC(=NCc1nc(C)no1)NC1CCN(c2ccccc2OC)C1.I. The van der Waals surface area contributed by atoms with E-state index in [2.05, 4.69) is 36.7 Å². The highest BCUT2D eigenvalue weighted by atomic mass is 127. The van der Waals surface area contributed by atoms with Crippen molar-refractivity contribution >= 4 is 35.6 Å². The van der Waals surface area contributed by atoms with E-state index in [4.69, 9.17) is 9.26 Å². The third-order valence-electron chi connectivity index (χ3n) is 4.24. The molecule has 1 atom stereocenters. The summed E-state index contributed by atoms with van der Waals surface area (Å²) in [7, 11) is 1.71. The number of anilines is 1.